The molecule has 6 nitrogen and oxygen atoms in total. The molecule has 2 heterocycles. The Balaban J connectivity index is 2.54. The lowest BCUT2D eigenvalue weighted by Gasteiger charge is -2.07. The van der Waals surface area contributed by atoms with Crippen LogP contribution in [0.2, 0.25) is 0 Å². The summed E-state index contributed by atoms with van der Waals surface area (Å²) in [7, 11) is 0. The number of rotatable bonds is 2. The quantitative estimate of drug-likeness (QED) is 0.811. The molecule has 6 heteroatoms. The Morgan fingerprint density at radius 3 is 2.86 bits per heavy atom. The first-order valence-corrected chi connectivity index (χ1v) is 6.75. The van der Waals surface area contributed by atoms with E-state index in [1.807, 2.05) is 24.6 Å². The monoisotopic (exact) mass is 286 g/mol. The van der Waals surface area contributed by atoms with Crippen molar-refractivity contribution in [3.63, 3.8) is 0 Å². The van der Waals surface area contributed by atoms with Crippen molar-refractivity contribution in [3.05, 3.63) is 27.9 Å². The normalized spacial score (nSPS) is 10.5. The molecule has 0 fully saturated rings. The van der Waals surface area contributed by atoms with Gasteiger partial charge in [0.15, 0.2) is 0 Å². The summed E-state index contributed by atoms with van der Waals surface area (Å²) in [5.41, 5.74) is 1.06. The number of carbonyl (C=O) groups excluding carboxylic acids is 1. The van der Waals surface area contributed by atoms with Crippen molar-refractivity contribution in [3.8, 4) is 11.8 Å². The van der Waals surface area contributed by atoms with Gasteiger partial charge in [-0.3, -0.25) is 9.59 Å². The maximum atomic E-state index is 12.2. The zero-order valence-electron chi connectivity index (χ0n) is 12.6. The molecule has 0 aliphatic carbocycles. The molecule has 0 unspecified atom stereocenters. The smallest absolute Gasteiger partial charge is 0.261 e. The van der Waals surface area contributed by atoms with E-state index < -0.39 is 0 Å². The predicted octanol–water partition coefficient (Wildman–Crippen LogP) is 1.10. The Morgan fingerprint density at radius 1 is 1.52 bits per heavy atom. The highest BCUT2D eigenvalue weighted by atomic mass is 16.1. The summed E-state index contributed by atoms with van der Waals surface area (Å²) < 4.78 is 1.93. The van der Waals surface area contributed by atoms with Crippen LogP contribution in [0.5, 0.6) is 0 Å². The van der Waals surface area contributed by atoms with E-state index in [0.29, 0.717) is 22.4 Å². The molecule has 0 aliphatic rings. The maximum Gasteiger partial charge on any atom is 0.261 e. The van der Waals surface area contributed by atoms with Gasteiger partial charge >= 0.3 is 0 Å². The zero-order chi connectivity index (χ0) is 15.6. The first-order chi connectivity index (χ1) is 9.90. The lowest BCUT2D eigenvalue weighted by atomic mass is 10.2. The molecule has 0 aliphatic heterocycles. The van der Waals surface area contributed by atoms with Gasteiger partial charge in [0.2, 0.25) is 5.91 Å². The van der Waals surface area contributed by atoms with Crippen LogP contribution in [-0.4, -0.2) is 27.0 Å². The summed E-state index contributed by atoms with van der Waals surface area (Å²) in [5.74, 6) is 6.22. The fourth-order valence-corrected chi connectivity index (χ4v) is 2.06. The minimum atomic E-state index is -0.194. The van der Waals surface area contributed by atoms with Crippen LogP contribution in [0, 0.1) is 18.8 Å². The Kier molecular flexibility index (Phi) is 4.13. The number of nitrogens with one attached hydrogen (secondary N) is 2. The number of aromatic nitrogens is 3. The van der Waals surface area contributed by atoms with Gasteiger partial charge in [0.1, 0.15) is 11.5 Å². The van der Waals surface area contributed by atoms with E-state index in [2.05, 4.69) is 27.1 Å². The summed E-state index contributed by atoms with van der Waals surface area (Å²) >= 11 is 0. The molecule has 2 rings (SSSR count). The number of nitrogens with zero attached hydrogens (tertiary/aromatic N) is 2. The third-order valence-corrected chi connectivity index (χ3v) is 3.01. The molecule has 0 atom stereocenters. The van der Waals surface area contributed by atoms with Crippen molar-refractivity contribution in [2.75, 3.05) is 6.54 Å². The highest BCUT2D eigenvalue weighted by Gasteiger charge is 2.14. The summed E-state index contributed by atoms with van der Waals surface area (Å²) in [6.45, 7) is 7.48. The zero-order valence-corrected chi connectivity index (χ0v) is 12.6. The molecule has 0 aromatic carbocycles. The second-order valence-electron chi connectivity index (χ2n) is 5.11. The van der Waals surface area contributed by atoms with E-state index in [0.717, 1.165) is 0 Å². The Hall–Kier alpha value is -2.55. The summed E-state index contributed by atoms with van der Waals surface area (Å²) in [5, 5.41) is 3.09. The van der Waals surface area contributed by atoms with Crippen molar-refractivity contribution in [2.24, 2.45) is 0 Å². The van der Waals surface area contributed by atoms with Crippen molar-refractivity contribution in [1.29, 1.82) is 0 Å². The van der Waals surface area contributed by atoms with Crippen LogP contribution in [0.4, 0.5) is 0 Å². The van der Waals surface area contributed by atoms with Crippen LogP contribution in [0.3, 0.4) is 0 Å². The van der Waals surface area contributed by atoms with E-state index in [9.17, 15) is 9.59 Å². The molecule has 0 saturated carbocycles. The molecule has 110 valence electrons. The SMILES string of the molecule is CC(=O)NCC#Cc1cn(C(C)C)c2nc(C)[nH]c(=O)c12. The summed E-state index contributed by atoms with van der Waals surface area (Å²) in [4.78, 5) is 30.1. The van der Waals surface area contributed by atoms with Gasteiger partial charge < -0.3 is 14.9 Å². The maximum absolute atomic E-state index is 12.2. The number of hydrogen-bond donors (Lipinski definition) is 2. The van der Waals surface area contributed by atoms with Crippen LogP contribution >= 0.6 is 0 Å². The first-order valence-electron chi connectivity index (χ1n) is 6.75. The van der Waals surface area contributed by atoms with Gasteiger partial charge in [-0.2, -0.15) is 0 Å². The highest BCUT2D eigenvalue weighted by molar-refractivity contribution is 5.83. The lowest BCUT2D eigenvalue weighted by molar-refractivity contribution is -0.118. The number of carbonyl (C=O) groups is 1. The number of aryl methyl sites for hydroxylation is 1. The number of fused-ring (bicyclic) bond motifs is 1. The molecule has 0 bridgehead atoms. The van der Waals surface area contributed by atoms with Gasteiger partial charge in [0.25, 0.3) is 5.56 Å². The third kappa shape index (κ3) is 3.14. The van der Waals surface area contributed by atoms with E-state index in [-0.39, 0.29) is 24.1 Å². The van der Waals surface area contributed by atoms with Gasteiger partial charge in [-0.1, -0.05) is 11.8 Å². The second kappa shape index (κ2) is 5.83. The molecule has 21 heavy (non-hydrogen) atoms. The molecular formula is C15H18N4O2. The van der Waals surface area contributed by atoms with Crippen LogP contribution < -0.4 is 10.9 Å². The summed E-state index contributed by atoms with van der Waals surface area (Å²) in [6, 6.07) is 0.173. The molecule has 2 N–H and O–H groups in total. The predicted molar refractivity (Wildman–Crippen MR) is 81.0 cm³/mol. The lowest BCUT2D eigenvalue weighted by Crippen LogP contribution is -2.19. The fourth-order valence-electron chi connectivity index (χ4n) is 2.06. The summed E-state index contributed by atoms with van der Waals surface area (Å²) in [6.07, 6.45) is 1.83. The topological polar surface area (TPSA) is 79.8 Å². The fraction of sp³-hybridized carbons (Fsp3) is 0.400. The molecule has 1 amide bonds. The molecule has 0 saturated heterocycles. The standard InChI is InChI=1S/C15H18N4O2/c1-9(2)19-8-12(6-5-7-16-11(4)20)13-14(19)17-10(3)18-15(13)21/h8-9H,7H2,1-4H3,(H,16,20)(H,17,18,21). The average molecular weight is 286 g/mol. The van der Waals surface area contributed by atoms with Gasteiger partial charge in [-0.25, -0.2) is 4.98 Å². The Labute approximate surface area is 122 Å². The molecule has 2 aromatic heterocycles. The highest BCUT2D eigenvalue weighted by Crippen LogP contribution is 2.19. The van der Waals surface area contributed by atoms with Crippen LogP contribution in [0.25, 0.3) is 11.0 Å². The molecule has 2 aromatic rings. The van der Waals surface area contributed by atoms with Crippen LogP contribution in [0.1, 0.15) is 38.2 Å². The Morgan fingerprint density at radius 2 is 2.24 bits per heavy atom. The van der Waals surface area contributed by atoms with Crippen molar-refractivity contribution < 1.29 is 4.79 Å². The van der Waals surface area contributed by atoms with E-state index >= 15 is 0 Å². The molecule has 0 spiro atoms. The van der Waals surface area contributed by atoms with Crippen molar-refractivity contribution >= 4 is 16.9 Å². The number of aromatic amines is 1. The van der Waals surface area contributed by atoms with E-state index in [1.165, 1.54) is 6.92 Å². The van der Waals surface area contributed by atoms with Gasteiger partial charge in [-0.15, -0.1) is 0 Å². The van der Waals surface area contributed by atoms with Gasteiger partial charge in [0.05, 0.1) is 17.5 Å². The van der Waals surface area contributed by atoms with Crippen LogP contribution in [0.15, 0.2) is 11.0 Å². The largest absolute Gasteiger partial charge is 0.345 e. The molecule has 0 radical (unpaired) electrons. The number of amides is 1. The minimum absolute atomic E-state index is 0.135. The average Bonchev–Trinajstić information content (AvgIpc) is 2.73. The second-order valence-corrected chi connectivity index (χ2v) is 5.11. The van der Waals surface area contributed by atoms with Crippen LogP contribution in [-0.2, 0) is 4.79 Å². The van der Waals surface area contributed by atoms with Crippen molar-refractivity contribution in [2.45, 2.75) is 33.7 Å². The first kappa shape index (κ1) is 14.9. The number of hydrogen-bond acceptors (Lipinski definition) is 3. The Bertz CT molecular complexity index is 803. The van der Waals surface area contributed by atoms with Gasteiger partial charge in [0, 0.05) is 19.2 Å². The van der Waals surface area contributed by atoms with E-state index in [1.54, 1.807) is 6.92 Å². The molecular weight excluding hydrogens is 268 g/mol. The van der Waals surface area contributed by atoms with Gasteiger partial charge in [-0.05, 0) is 20.8 Å². The van der Waals surface area contributed by atoms with E-state index in [4.69, 9.17) is 0 Å². The number of H-pyrrole nitrogens is 1. The third-order valence-electron chi connectivity index (χ3n) is 3.01. The minimum Gasteiger partial charge on any atom is -0.345 e. The van der Waals surface area contributed by atoms with Crippen molar-refractivity contribution in [1.82, 2.24) is 19.9 Å².